The van der Waals surface area contributed by atoms with Gasteiger partial charge in [0.15, 0.2) is 0 Å². The number of nitrogens with one attached hydrogen (secondary N) is 1. The molecule has 0 aliphatic rings. The summed E-state index contributed by atoms with van der Waals surface area (Å²) in [6, 6.07) is 34.5. The summed E-state index contributed by atoms with van der Waals surface area (Å²) < 4.78 is 68.5. The van der Waals surface area contributed by atoms with E-state index in [4.69, 9.17) is 5.53 Å². The van der Waals surface area contributed by atoms with E-state index in [0.717, 1.165) is 32.9 Å². The number of nitrogens with zero attached hydrogens (tertiary/aromatic N) is 4. The average molecular weight is 716 g/mol. The molecule has 49 heavy (non-hydrogen) atoms. The number of carbonyl (C=O) groups excluding carboxylic acids is 1. The molecular weight excluding hydrogens is 686 g/mol. The number of rotatable bonds is 14. The molecule has 5 aromatic carbocycles. The number of sulfonamides is 2. The topological polar surface area (TPSA) is 149 Å². The van der Waals surface area contributed by atoms with Gasteiger partial charge in [0.1, 0.15) is 5.82 Å². The Balaban J connectivity index is 1.25. The molecule has 5 rings (SSSR count). The van der Waals surface area contributed by atoms with Crippen LogP contribution in [0.25, 0.3) is 21.6 Å². The summed E-state index contributed by atoms with van der Waals surface area (Å²) in [4.78, 5) is 18.3. The van der Waals surface area contributed by atoms with Crippen molar-refractivity contribution in [1.29, 1.82) is 0 Å². The van der Waals surface area contributed by atoms with Crippen LogP contribution in [0, 0.1) is 5.82 Å². The number of hydrogen-bond acceptors (Lipinski definition) is 7. The lowest BCUT2D eigenvalue weighted by molar-refractivity contribution is 0.0981. The third-order valence-electron chi connectivity index (χ3n) is 7.38. The van der Waals surface area contributed by atoms with Gasteiger partial charge in [-0.05, 0) is 88.4 Å². The minimum atomic E-state index is -4.17. The van der Waals surface area contributed by atoms with Crippen molar-refractivity contribution in [3.05, 3.63) is 160 Å². The number of carbonyl (C=O) groups is 1. The zero-order valence-electron chi connectivity index (χ0n) is 25.9. The van der Waals surface area contributed by atoms with Crippen molar-refractivity contribution in [2.75, 3.05) is 12.3 Å². The summed E-state index contributed by atoms with van der Waals surface area (Å²) in [5.41, 5.74) is 11.9. The summed E-state index contributed by atoms with van der Waals surface area (Å²) in [7, 11) is -8.27. The summed E-state index contributed by atoms with van der Waals surface area (Å²) in [5, 5.41) is 0. The van der Waals surface area contributed by atoms with Gasteiger partial charge in [-0.3, -0.25) is 9.69 Å². The lowest BCUT2D eigenvalue weighted by Gasteiger charge is -2.23. The van der Waals surface area contributed by atoms with E-state index < -0.39 is 26.0 Å². The SMILES string of the molecule is [N-]=[N+]=NS(=O)(=O)c1ccc(CN(CCSc2ccccc2)Cc2ccc(S(=O)(=O)NC(=O)c3ccc(-c4ccc(F)cc4)cc3)cc2)cc1. The second-order valence-electron chi connectivity index (χ2n) is 10.8. The van der Waals surface area contributed by atoms with Crippen molar-refractivity contribution in [3.8, 4) is 11.1 Å². The maximum absolute atomic E-state index is 13.2. The van der Waals surface area contributed by atoms with Gasteiger partial charge in [-0.2, -0.15) is 0 Å². The molecule has 0 heterocycles. The first-order valence-electron chi connectivity index (χ1n) is 14.8. The Morgan fingerprint density at radius 3 is 1.82 bits per heavy atom. The molecule has 250 valence electrons. The van der Waals surface area contributed by atoms with E-state index >= 15 is 0 Å². The van der Waals surface area contributed by atoms with Gasteiger partial charge in [0.05, 0.1) is 9.79 Å². The van der Waals surface area contributed by atoms with Gasteiger partial charge >= 0.3 is 0 Å². The monoisotopic (exact) mass is 715 g/mol. The van der Waals surface area contributed by atoms with Crippen LogP contribution in [0.4, 0.5) is 4.39 Å². The Bertz CT molecular complexity index is 2160. The Labute approximate surface area is 288 Å². The van der Waals surface area contributed by atoms with Crippen LogP contribution in [0.1, 0.15) is 21.5 Å². The minimum Gasteiger partial charge on any atom is -0.294 e. The molecule has 0 spiro atoms. The van der Waals surface area contributed by atoms with Gasteiger partial charge in [-0.15, -0.1) is 11.8 Å². The maximum Gasteiger partial charge on any atom is 0.264 e. The van der Waals surface area contributed by atoms with Gasteiger partial charge in [-0.1, -0.05) is 66.7 Å². The Morgan fingerprint density at radius 2 is 1.27 bits per heavy atom. The fourth-order valence-electron chi connectivity index (χ4n) is 4.87. The molecule has 0 aromatic heterocycles. The van der Waals surface area contributed by atoms with Gasteiger partial charge < -0.3 is 0 Å². The molecule has 1 N–H and O–H groups in total. The number of halogens is 1. The Morgan fingerprint density at radius 1 is 0.735 bits per heavy atom. The van der Waals surface area contributed by atoms with Crippen LogP contribution in [0.2, 0.25) is 0 Å². The van der Waals surface area contributed by atoms with Gasteiger partial charge in [0, 0.05) is 45.3 Å². The summed E-state index contributed by atoms with van der Waals surface area (Å²) in [6.45, 7) is 1.59. The predicted octanol–water partition coefficient (Wildman–Crippen LogP) is 7.40. The highest BCUT2D eigenvalue weighted by Crippen LogP contribution is 2.22. The molecule has 10 nitrogen and oxygen atoms in total. The first-order chi connectivity index (χ1) is 23.5. The first-order valence-corrected chi connectivity index (χ1v) is 18.8. The molecule has 14 heteroatoms. The highest BCUT2D eigenvalue weighted by molar-refractivity contribution is 7.99. The largest absolute Gasteiger partial charge is 0.294 e. The van der Waals surface area contributed by atoms with E-state index in [1.165, 1.54) is 48.5 Å². The van der Waals surface area contributed by atoms with E-state index in [9.17, 15) is 26.0 Å². The van der Waals surface area contributed by atoms with E-state index in [1.54, 1.807) is 60.3 Å². The molecule has 0 unspecified atom stereocenters. The van der Waals surface area contributed by atoms with Crippen LogP contribution < -0.4 is 4.72 Å². The Kier molecular flexibility index (Phi) is 11.5. The van der Waals surface area contributed by atoms with Crippen molar-refractivity contribution in [2.24, 2.45) is 4.52 Å². The number of amides is 1. The quantitative estimate of drug-likeness (QED) is 0.0545. The van der Waals surface area contributed by atoms with E-state index in [-0.39, 0.29) is 21.2 Å². The molecule has 0 fully saturated rings. The molecule has 0 bridgehead atoms. The third-order valence-corrected chi connectivity index (χ3v) is 10.9. The summed E-state index contributed by atoms with van der Waals surface area (Å²) in [5.74, 6) is -0.382. The van der Waals surface area contributed by atoms with E-state index in [1.807, 2.05) is 30.3 Å². The molecule has 0 saturated carbocycles. The van der Waals surface area contributed by atoms with Crippen LogP contribution >= 0.6 is 11.8 Å². The lowest BCUT2D eigenvalue weighted by atomic mass is 10.0. The zero-order chi connectivity index (χ0) is 34.9. The molecule has 0 aliphatic heterocycles. The van der Waals surface area contributed by atoms with Crippen molar-refractivity contribution in [2.45, 2.75) is 27.8 Å². The second kappa shape index (κ2) is 15.9. The van der Waals surface area contributed by atoms with Crippen molar-refractivity contribution in [3.63, 3.8) is 0 Å². The van der Waals surface area contributed by atoms with Crippen molar-refractivity contribution >= 4 is 37.7 Å². The van der Waals surface area contributed by atoms with Crippen LogP contribution in [0.15, 0.2) is 147 Å². The first kappa shape index (κ1) is 35.3. The molecular formula is C35H30FN5O5S3. The van der Waals surface area contributed by atoms with Crippen molar-refractivity contribution < 1.29 is 26.0 Å². The second-order valence-corrected chi connectivity index (χ2v) is 15.3. The molecule has 0 radical (unpaired) electrons. The highest BCUT2D eigenvalue weighted by Gasteiger charge is 2.19. The van der Waals surface area contributed by atoms with Gasteiger partial charge in [0.25, 0.3) is 26.0 Å². The standard InChI is InChI=1S/C35H30FN5O5S3/c36-31-16-14-29(15-17-31)28-10-12-30(13-11-28)35(42)38-48(43,44)33-18-6-26(7-19-33)24-41(22-23-47-32-4-2-1-3-5-32)25-27-8-20-34(21-9-27)49(45,46)40-39-37/h1-21H,22-25H2,(H,38,42). The average Bonchev–Trinajstić information content (AvgIpc) is 3.09. The summed E-state index contributed by atoms with van der Waals surface area (Å²) in [6.07, 6.45) is 0. The maximum atomic E-state index is 13.2. The van der Waals surface area contributed by atoms with Crippen LogP contribution in [0.3, 0.4) is 0 Å². The normalized spacial score (nSPS) is 11.6. The van der Waals surface area contributed by atoms with Gasteiger partial charge in [-0.25, -0.2) is 25.9 Å². The molecule has 0 atom stereocenters. The van der Waals surface area contributed by atoms with Crippen LogP contribution in [-0.2, 0) is 33.1 Å². The van der Waals surface area contributed by atoms with Gasteiger partial charge in [0.2, 0.25) is 0 Å². The minimum absolute atomic E-state index is 0.0736. The number of thioether (sulfide) groups is 1. The molecule has 5 aromatic rings. The summed E-state index contributed by atoms with van der Waals surface area (Å²) >= 11 is 1.69. The predicted molar refractivity (Wildman–Crippen MR) is 187 cm³/mol. The van der Waals surface area contributed by atoms with Crippen LogP contribution in [-0.4, -0.2) is 39.9 Å². The lowest BCUT2D eigenvalue weighted by Crippen LogP contribution is -2.30. The third kappa shape index (κ3) is 9.78. The van der Waals surface area contributed by atoms with E-state index in [0.29, 0.717) is 19.6 Å². The van der Waals surface area contributed by atoms with Crippen molar-refractivity contribution in [1.82, 2.24) is 9.62 Å². The smallest absolute Gasteiger partial charge is 0.264 e. The van der Waals surface area contributed by atoms with E-state index in [2.05, 4.69) is 19.1 Å². The number of hydrogen-bond donors (Lipinski definition) is 1. The molecule has 0 saturated heterocycles. The highest BCUT2D eigenvalue weighted by atomic mass is 32.2. The van der Waals surface area contributed by atoms with Crippen LogP contribution in [0.5, 0.6) is 0 Å². The number of benzene rings is 5. The number of azide groups is 1. The zero-order valence-corrected chi connectivity index (χ0v) is 28.3. The molecule has 0 aliphatic carbocycles. The fraction of sp³-hybridized carbons (Fsp3) is 0.114. The Hall–Kier alpha value is -4.98. The molecule has 1 amide bonds. The fourth-order valence-corrected chi connectivity index (χ4v) is 7.45.